The van der Waals surface area contributed by atoms with Gasteiger partial charge in [-0.1, -0.05) is 17.3 Å². The zero-order valence-corrected chi connectivity index (χ0v) is 11.9. The van der Waals surface area contributed by atoms with Crippen LogP contribution in [-0.2, 0) is 6.54 Å². The Morgan fingerprint density at radius 2 is 2.13 bits per heavy atom. The fourth-order valence-corrected chi connectivity index (χ4v) is 2.40. The van der Waals surface area contributed by atoms with Crippen LogP contribution in [0.3, 0.4) is 0 Å². The van der Waals surface area contributed by atoms with Crippen molar-refractivity contribution in [1.29, 1.82) is 5.26 Å². The van der Waals surface area contributed by atoms with Gasteiger partial charge in [-0.25, -0.2) is 14.6 Å². The molecule has 3 heterocycles. The van der Waals surface area contributed by atoms with Crippen LogP contribution in [0, 0.1) is 11.3 Å². The zero-order valence-electron chi connectivity index (χ0n) is 11.9. The van der Waals surface area contributed by atoms with Crippen molar-refractivity contribution in [3.05, 3.63) is 60.1 Å². The van der Waals surface area contributed by atoms with E-state index in [0.717, 1.165) is 5.56 Å². The van der Waals surface area contributed by atoms with Crippen molar-refractivity contribution in [2.75, 3.05) is 0 Å². The highest BCUT2D eigenvalue weighted by Crippen LogP contribution is 2.23. The second-order valence-corrected chi connectivity index (χ2v) is 4.93. The molecular formula is C16H10N6O. The summed E-state index contributed by atoms with van der Waals surface area (Å²) in [5, 5.41) is 17.3. The topological polar surface area (TPSA) is 93.4 Å². The molecule has 110 valence electrons. The fraction of sp³-hybridized carbons (Fsp3) is 0.0625. The first-order valence-electron chi connectivity index (χ1n) is 6.92. The Bertz CT molecular complexity index is 1010. The Labute approximate surface area is 130 Å². The van der Waals surface area contributed by atoms with Gasteiger partial charge in [0.15, 0.2) is 16.9 Å². The van der Waals surface area contributed by atoms with E-state index in [1.165, 1.54) is 6.33 Å². The number of furan rings is 1. The van der Waals surface area contributed by atoms with Crippen LogP contribution in [0.5, 0.6) is 0 Å². The van der Waals surface area contributed by atoms with Crippen LogP contribution in [0.2, 0.25) is 0 Å². The van der Waals surface area contributed by atoms with Gasteiger partial charge in [-0.3, -0.25) is 0 Å². The predicted molar refractivity (Wildman–Crippen MR) is 81.1 cm³/mol. The number of nitriles is 1. The van der Waals surface area contributed by atoms with Gasteiger partial charge in [-0.05, 0) is 29.8 Å². The molecule has 0 aliphatic rings. The molecule has 0 fully saturated rings. The van der Waals surface area contributed by atoms with Gasteiger partial charge in [0.2, 0.25) is 0 Å². The van der Waals surface area contributed by atoms with Crippen molar-refractivity contribution in [3.8, 4) is 17.5 Å². The van der Waals surface area contributed by atoms with Crippen LogP contribution in [-0.4, -0.2) is 25.0 Å². The third-order valence-electron chi connectivity index (χ3n) is 3.44. The van der Waals surface area contributed by atoms with E-state index < -0.39 is 0 Å². The lowest BCUT2D eigenvalue weighted by Crippen LogP contribution is -2.03. The summed E-state index contributed by atoms with van der Waals surface area (Å²) < 4.78 is 7.06. The first-order valence-corrected chi connectivity index (χ1v) is 6.92. The molecule has 0 saturated carbocycles. The van der Waals surface area contributed by atoms with Crippen molar-refractivity contribution in [3.63, 3.8) is 0 Å². The molecule has 0 aliphatic heterocycles. The largest absolute Gasteiger partial charge is 0.463 e. The van der Waals surface area contributed by atoms with Crippen LogP contribution in [0.1, 0.15) is 11.1 Å². The second-order valence-electron chi connectivity index (χ2n) is 4.93. The van der Waals surface area contributed by atoms with E-state index in [4.69, 9.17) is 9.68 Å². The van der Waals surface area contributed by atoms with Crippen molar-refractivity contribution in [2.24, 2.45) is 0 Å². The quantitative estimate of drug-likeness (QED) is 0.577. The monoisotopic (exact) mass is 302 g/mol. The number of fused-ring (bicyclic) bond motifs is 1. The Morgan fingerprint density at radius 3 is 2.96 bits per heavy atom. The number of benzene rings is 1. The lowest BCUT2D eigenvalue weighted by atomic mass is 10.1. The van der Waals surface area contributed by atoms with Gasteiger partial charge in [0, 0.05) is 0 Å². The number of hydrogen-bond acceptors (Lipinski definition) is 6. The van der Waals surface area contributed by atoms with E-state index in [1.54, 1.807) is 23.1 Å². The van der Waals surface area contributed by atoms with Crippen molar-refractivity contribution in [2.45, 2.75) is 6.54 Å². The summed E-state index contributed by atoms with van der Waals surface area (Å²) in [7, 11) is 0. The van der Waals surface area contributed by atoms with Crippen LogP contribution >= 0.6 is 0 Å². The average Bonchev–Trinajstić information content (AvgIpc) is 3.25. The maximum absolute atomic E-state index is 8.99. The van der Waals surface area contributed by atoms with Crippen LogP contribution in [0.15, 0.2) is 53.4 Å². The maximum atomic E-state index is 8.99. The maximum Gasteiger partial charge on any atom is 0.182 e. The van der Waals surface area contributed by atoms with Gasteiger partial charge in [0.1, 0.15) is 12.0 Å². The molecule has 0 N–H and O–H groups in total. The molecule has 0 atom stereocenters. The number of aromatic nitrogens is 5. The third-order valence-corrected chi connectivity index (χ3v) is 3.44. The lowest BCUT2D eigenvalue weighted by Gasteiger charge is -2.03. The van der Waals surface area contributed by atoms with Crippen molar-refractivity contribution >= 4 is 11.2 Å². The molecule has 7 heteroatoms. The van der Waals surface area contributed by atoms with Crippen LogP contribution < -0.4 is 0 Å². The number of nitrogens with zero attached hydrogens (tertiary/aromatic N) is 6. The van der Waals surface area contributed by atoms with E-state index in [1.807, 2.05) is 24.3 Å². The van der Waals surface area contributed by atoms with Gasteiger partial charge in [0.05, 0.1) is 24.4 Å². The van der Waals surface area contributed by atoms with Crippen molar-refractivity contribution < 1.29 is 4.42 Å². The van der Waals surface area contributed by atoms with Gasteiger partial charge in [0.25, 0.3) is 0 Å². The van der Waals surface area contributed by atoms with E-state index in [9.17, 15) is 0 Å². The highest BCUT2D eigenvalue weighted by Gasteiger charge is 2.15. The van der Waals surface area contributed by atoms with E-state index in [-0.39, 0.29) is 0 Å². The highest BCUT2D eigenvalue weighted by molar-refractivity contribution is 5.84. The number of hydrogen-bond donors (Lipinski definition) is 0. The summed E-state index contributed by atoms with van der Waals surface area (Å²) in [6.45, 7) is 0.473. The molecule has 4 rings (SSSR count). The molecule has 0 amide bonds. The normalized spacial score (nSPS) is 10.7. The number of rotatable bonds is 3. The molecule has 0 radical (unpaired) electrons. The molecule has 0 aliphatic carbocycles. The Balaban J connectivity index is 1.77. The van der Waals surface area contributed by atoms with Crippen molar-refractivity contribution in [1.82, 2.24) is 25.0 Å². The standard InChI is InChI=1S/C16H10N6O/c17-8-11-3-1-4-12(7-11)9-22-16-15(20-21-22)14(18-10-19-16)13-5-2-6-23-13/h1-7,10H,9H2. The summed E-state index contributed by atoms with van der Waals surface area (Å²) in [6.07, 6.45) is 3.05. The molecule has 0 unspecified atom stereocenters. The lowest BCUT2D eigenvalue weighted by molar-refractivity contribution is 0.580. The molecule has 0 spiro atoms. The first kappa shape index (κ1) is 13.2. The second kappa shape index (κ2) is 5.35. The summed E-state index contributed by atoms with van der Waals surface area (Å²) in [5.41, 5.74) is 3.37. The summed E-state index contributed by atoms with van der Waals surface area (Å²) in [6, 6.07) is 13.1. The highest BCUT2D eigenvalue weighted by atomic mass is 16.3. The molecule has 7 nitrogen and oxygen atoms in total. The van der Waals surface area contributed by atoms with Gasteiger partial charge in [-0.15, -0.1) is 5.10 Å². The zero-order chi connectivity index (χ0) is 15.6. The third kappa shape index (κ3) is 2.32. The van der Waals surface area contributed by atoms with E-state index in [2.05, 4.69) is 26.3 Å². The minimum absolute atomic E-state index is 0.473. The Morgan fingerprint density at radius 1 is 1.17 bits per heavy atom. The summed E-state index contributed by atoms with van der Waals surface area (Å²) in [4.78, 5) is 8.50. The van der Waals surface area contributed by atoms with Gasteiger partial charge in [-0.2, -0.15) is 5.26 Å². The smallest absolute Gasteiger partial charge is 0.182 e. The average molecular weight is 302 g/mol. The van der Waals surface area contributed by atoms with Gasteiger partial charge < -0.3 is 4.42 Å². The molecule has 23 heavy (non-hydrogen) atoms. The summed E-state index contributed by atoms with van der Waals surface area (Å²) >= 11 is 0. The Kier molecular flexibility index (Phi) is 3.06. The molecule has 0 saturated heterocycles. The molecule has 3 aromatic heterocycles. The minimum atomic E-state index is 0.473. The molecule has 4 aromatic rings. The SMILES string of the molecule is N#Cc1cccc(Cn2nnc3c(-c4ccco4)ncnc32)c1. The van der Waals surface area contributed by atoms with Gasteiger partial charge >= 0.3 is 0 Å². The van der Waals surface area contributed by atoms with E-state index >= 15 is 0 Å². The molecular weight excluding hydrogens is 292 g/mol. The molecule has 1 aromatic carbocycles. The predicted octanol–water partition coefficient (Wildman–Crippen LogP) is 2.40. The Hall–Kier alpha value is -3.53. The van der Waals surface area contributed by atoms with E-state index in [0.29, 0.717) is 34.7 Å². The minimum Gasteiger partial charge on any atom is -0.463 e. The molecule has 0 bridgehead atoms. The van der Waals surface area contributed by atoms with Crippen LogP contribution in [0.4, 0.5) is 0 Å². The first-order chi connectivity index (χ1) is 11.3. The van der Waals surface area contributed by atoms with Crippen LogP contribution in [0.25, 0.3) is 22.6 Å². The summed E-state index contributed by atoms with van der Waals surface area (Å²) in [5.74, 6) is 0.621. The fourth-order valence-electron chi connectivity index (χ4n) is 2.40.